The SMILES string of the molecule is CC(C)C.Cn1nccc1-c1cc2c(c3c1OC(C)(C)C3)CCn1cc(C(=O)O)c(=O)cc1-2. The van der Waals surface area contributed by atoms with Gasteiger partial charge < -0.3 is 14.4 Å². The smallest absolute Gasteiger partial charge is 0.341 e. The summed E-state index contributed by atoms with van der Waals surface area (Å²) in [4.78, 5) is 23.8. The van der Waals surface area contributed by atoms with E-state index in [-0.39, 0.29) is 11.2 Å². The second-order valence-electron chi connectivity index (χ2n) is 10.1. The molecule has 1 aromatic carbocycles. The highest BCUT2D eigenvalue weighted by Gasteiger charge is 2.37. The number of pyridine rings is 1. The Morgan fingerprint density at radius 3 is 2.45 bits per heavy atom. The summed E-state index contributed by atoms with van der Waals surface area (Å²) in [5.74, 6) is 0.520. The third kappa shape index (κ3) is 4.19. The molecule has 1 N–H and O–H groups in total. The van der Waals surface area contributed by atoms with E-state index in [2.05, 4.69) is 45.8 Å². The van der Waals surface area contributed by atoms with Gasteiger partial charge in [-0.15, -0.1) is 0 Å². The number of benzene rings is 1. The van der Waals surface area contributed by atoms with Gasteiger partial charge in [0.25, 0.3) is 0 Å². The van der Waals surface area contributed by atoms with E-state index in [1.807, 2.05) is 17.7 Å². The number of hydrogen-bond acceptors (Lipinski definition) is 4. The first-order chi connectivity index (χ1) is 15.5. The van der Waals surface area contributed by atoms with Gasteiger partial charge in [0, 0.05) is 55.2 Å². The number of hydrogen-bond donors (Lipinski definition) is 1. The average molecular weight is 450 g/mol. The van der Waals surface area contributed by atoms with Crippen LogP contribution in [0.15, 0.2) is 35.4 Å². The normalized spacial score (nSPS) is 15.1. The first kappa shape index (κ1) is 22.8. The van der Waals surface area contributed by atoms with E-state index in [4.69, 9.17) is 4.74 Å². The number of carboxylic acids is 1. The van der Waals surface area contributed by atoms with Crippen molar-refractivity contribution in [1.82, 2.24) is 14.3 Å². The zero-order valence-corrected chi connectivity index (χ0v) is 20.1. The van der Waals surface area contributed by atoms with Crippen LogP contribution in [0.5, 0.6) is 5.75 Å². The second kappa shape index (κ2) is 8.21. The molecule has 0 aliphatic carbocycles. The number of aromatic nitrogens is 3. The fourth-order valence-corrected chi connectivity index (χ4v) is 4.53. The molecule has 0 bridgehead atoms. The Kier molecular flexibility index (Phi) is 5.68. The molecular weight excluding hydrogens is 418 g/mol. The lowest BCUT2D eigenvalue weighted by Crippen LogP contribution is -2.25. The van der Waals surface area contributed by atoms with E-state index in [0.29, 0.717) is 6.54 Å². The fraction of sp³-hybridized carbons (Fsp3) is 0.423. The lowest BCUT2D eigenvalue weighted by molar-refractivity contribution is 0.0694. The number of ether oxygens (including phenoxy) is 1. The number of aryl methyl sites for hydroxylation is 2. The molecule has 0 radical (unpaired) electrons. The Balaban J connectivity index is 0.000000601. The summed E-state index contributed by atoms with van der Waals surface area (Å²) in [6.07, 6.45) is 4.75. The van der Waals surface area contributed by atoms with Crippen LogP contribution >= 0.6 is 0 Å². The molecule has 2 aromatic heterocycles. The highest BCUT2D eigenvalue weighted by molar-refractivity contribution is 5.88. The molecular formula is C26H31N3O4. The quantitative estimate of drug-likeness (QED) is 0.620. The number of aromatic carboxylic acids is 1. The molecule has 3 aromatic rings. The summed E-state index contributed by atoms with van der Waals surface area (Å²) in [6.45, 7) is 11.3. The molecule has 5 rings (SSSR count). The standard InChI is InChI=1S/C22H21N3O4.C4H10/c1-22(2)10-15-12-5-7-25-11-16(21(27)28)19(26)9-18(25)13(12)8-14(20(15)29-22)17-4-6-23-24(17)3;1-4(2)3/h4,6,8-9,11H,5,7,10H2,1-3H3,(H,27,28);4H,1-3H3. The topological polar surface area (TPSA) is 86.3 Å². The van der Waals surface area contributed by atoms with Crippen LogP contribution in [0.4, 0.5) is 0 Å². The largest absolute Gasteiger partial charge is 0.487 e. The van der Waals surface area contributed by atoms with E-state index in [9.17, 15) is 14.7 Å². The van der Waals surface area contributed by atoms with Crippen molar-refractivity contribution in [3.8, 4) is 28.3 Å². The van der Waals surface area contributed by atoms with Crippen LogP contribution in [-0.4, -0.2) is 31.0 Å². The Hall–Kier alpha value is -3.35. The summed E-state index contributed by atoms with van der Waals surface area (Å²) in [6, 6.07) is 5.44. The predicted octanol–water partition coefficient (Wildman–Crippen LogP) is 4.55. The lowest BCUT2D eigenvalue weighted by Gasteiger charge is -2.25. The van der Waals surface area contributed by atoms with Crippen molar-refractivity contribution in [2.24, 2.45) is 13.0 Å². The molecule has 2 aliphatic rings. The third-order valence-electron chi connectivity index (χ3n) is 5.81. The zero-order valence-electron chi connectivity index (χ0n) is 20.1. The van der Waals surface area contributed by atoms with Gasteiger partial charge in [-0.1, -0.05) is 20.8 Å². The van der Waals surface area contributed by atoms with Crippen LogP contribution in [-0.2, 0) is 26.4 Å². The van der Waals surface area contributed by atoms with Gasteiger partial charge in [-0.3, -0.25) is 9.48 Å². The van der Waals surface area contributed by atoms with Gasteiger partial charge in [-0.05, 0) is 43.9 Å². The van der Waals surface area contributed by atoms with Crippen LogP contribution in [0.2, 0.25) is 0 Å². The van der Waals surface area contributed by atoms with Crippen LogP contribution < -0.4 is 10.2 Å². The number of rotatable bonds is 2. The van der Waals surface area contributed by atoms with Crippen molar-refractivity contribution < 1.29 is 14.6 Å². The first-order valence-corrected chi connectivity index (χ1v) is 11.3. The van der Waals surface area contributed by atoms with Gasteiger partial charge in [0.1, 0.15) is 16.9 Å². The molecule has 0 amide bonds. The minimum atomic E-state index is -1.20. The van der Waals surface area contributed by atoms with E-state index in [0.717, 1.165) is 47.0 Å². The highest BCUT2D eigenvalue weighted by atomic mass is 16.5. The van der Waals surface area contributed by atoms with Crippen molar-refractivity contribution in [3.63, 3.8) is 0 Å². The highest BCUT2D eigenvalue weighted by Crippen LogP contribution is 2.48. The Morgan fingerprint density at radius 1 is 1.15 bits per heavy atom. The van der Waals surface area contributed by atoms with Crippen molar-refractivity contribution in [3.05, 3.63) is 57.5 Å². The maximum atomic E-state index is 12.4. The number of fused-ring (bicyclic) bond motifs is 5. The van der Waals surface area contributed by atoms with Gasteiger partial charge >= 0.3 is 5.97 Å². The van der Waals surface area contributed by atoms with Gasteiger partial charge in [0.05, 0.1) is 11.4 Å². The van der Waals surface area contributed by atoms with Gasteiger partial charge in [-0.2, -0.15) is 5.10 Å². The molecule has 2 aliphatic heterocycles. The molecule has 33 heavy (non-hydrogen) atoms. The number of carboxylic acid groups (broad SMARTS) is 1. The summed E-state index contributed by atoms with van der Waals surface area (Å²) in [7, 11) is 1.89. The molecule has 7 nitrogen and oxygen atoms in total. The molecule has 7 heteroatoms. The second-order valence-corrected chi connectivity index (χ2v) is 10.1. The number of nitrogens with zero attached hydrogens (tertiary/aromatic N) is 3. The summed E-state index contributed by atoms with van der Waals surface area (Å²) >= 11 is 0. The zero-order chi connectivity index (χ0) is 24.1. The molecule has 0 saturated carbocycles. The van der Waals surface area contributed by atoms with E-state index in [1.54, 1.807) is 10.9 Å². The molecule has 174 valence electrons. The third-order valence-corrected chi connectivity index (χ3v) is 5.81. The van der Waals surface area contributed by atoms with Crippen molar-refractivity contribution in [2.45, 2.75) is 59.6 Å². The van der Waals surface area contributed by atoms with Crippen LogP contribution in [0.3, 0.4) is 0 Å². The van der Waals surface area contributed by atoms with E-state index >= 15 is 0 Å². The average Bonchev–Trinajstić information content (AvgIpc) is 3.27. The maximum Gasteiger partial charge on any atom is 0.341 e. The molecule has 0 spiro atoms. The maximum absolute atomic E-state index is 12.4. The van der Waals surface area contributed by atoms with Crippen molar-refractivity contribution in [1.29, 1.82) is 0 Å². The van der Waals surface area contributed by atoms with Gasteiger partial charge in [0.15, 0.2) is 5.43 Å². The predicted molar refractivity (Wildman–Crippen MR) is 128 cm³/mol. The van der Waals surface area contributed by atoms with Crippen molar-refractivity contribution in [2.75, 3.05) is 0 Å². The van der Waals surface area contributed by atoms with E-state index in [1.165, 1.54) is 23.4 Å². The minimum absolute atomic E-state index is 0.199. The summed E-state index contributed by atoms with van der Waals surface area (Å²) in [5.41, 5.74) is 4.94. The molecule has 0 fully saturated rings. The van der Waals surface area contributed by atoms with E-state index < -0.39 is 11.4 Å². The Bertz CT molecular complexity index is 1290. The van der Waals surface area contributed by atoms with Crippen molar-refractivity contribution >= 4 is 5.97 Å². The molecule has 0 unspecified atom stereocenters. The summed E-state index contributed by atoms with van der Waals surface area (Å²) < 4.78 is 10.0. The van der Waals surface area contributed by atoms with Gasteiger partial charge in [0.2, 0.25) is 0 Å². The van der Waals surface area contributed by atoms with Gasteiger partial charge in [-0.25, -0.2) is 4.79 Å². The molecule has 0 saturated heterocycles. The summed E-state index contributed by atoms with van der Waals surface area (Å²) in [5, 5.41) is 13.6. The van der Waals surface area contributed by atoms with Crippen LogP contribution in [0.25, 0.3) is 22.5 Å². The minimum Gasteiger partial charge on any atom is -0.487 e. The van der Waals surface area contributed by atoms with Crippen LogP contribution in [0.1, 0.15) is 56.1 Å². The Labute approximate surface area is 193 Å². The Morgan fingerprint density at radius 2 is 1.85 bits per heavy atom. The van der Waals surface area contributed by atoms with Crippen LogP contribution in [0, 0.1) is 5.92 Å². The first-order valence-electron chi connectivity index (χ1n) is 11.3. The molecule has 0 atom stereocenters. The lowest BCUT2D eigenvalue weighted by atomic mass is 9.86. The monoisotopic (exact) mass is 449 g/mol. The number of carbonyl (C=O) groups is 1. The fourth-order valence-electron chi connectivity index (χ4n) is 4.53. The molecule has 4 heterocycles.